The molecule has 0 radical (unpaired) electrons. The van der Waals surface area contributed by atoms with Gasteiger partial charge in [-0.15, -0.1) is 0 Å². The predicted molar refractivity (Wildman–Crippen MR) is 62.4 cm³/mol. The van der Waals surface area contributed by atoms with Crippen LogP contribution in [-0.4, -0.2) is 23.6 Å². The fourth-order valence-electron chi connectivity index (χ4n) is 1.60. The lowest BCUT2D eigenvalue weighted by Crippen LogP contribution is -2.15. The summed E-state index contributed by atoms with van der Waals surface area (Å²) in [5, 5.41) is 5.51. The molecule has 18 heavy (non-hydrogen) atoms. The van der Waals surface area contributed by atoms with Crippen LogP contribution >= 0.6 is 0 Å². The number of hydrogen-bond donors (Lipinski definition) is 2. The maximum atomic E-state index is 12.6. The van der Waals surface area contributed by atoms with Crippen molar-refractivity contribution in [3.63, 3.8) is 0 Å². The van der Waals surface area contributed by atoms with Crippen molar-refractivity contribution >= 4 is 11.6 Å². The molecule has 0 spiro atoms. The van der Waals surface area contributed by atoms with E-state index < -0.39 is 12.0 Å². The molecular weight excluding hydrogens is 245 g/mol. The summed E-state index contributed by atoms with van der Waals surface area (Å²) in [4.78, 5) is 6.87. The lowest BCUT2D eigenvalue weighted by Gasteiger charge is -2.11. The van der Waals surface area contributed by atoms with Crippen molar-refractivity contribution < 1.29 is 13.2 Å². The number of nitrogens with one attached hydrogen (secondary N) is 2. The molecule has 0 saturated heterocycles. The Kier molecular flexibility index (Phi) is 3.58. The van der Waals surface area contributed by atoms with Crippen LogP contribution in [0.2, 0.25) is 0 Å². The topological polar surface area (TPSA) is 49.8 Å². The Morgan fingerprint density at radius 2 is 1.94 bits per heavy atom. The fourth-order valence-corrected chi connectivity index (χ4v) is 1.60. The number of halogens is 3. The van der Waals surface area contributed by atoms with Gasteiger partial charge in [-0.05, 0) is 12.3 Å². The molecule has 1 heterocycles. The van der Waals surface area contributed by atoms with Crippen LogP contribution in [0.1, 0.15) is 25.1 Å². The van der Waals surface area contributed by atoms with Gasteiger partial charge in [0.05, 0.1) is 0 Å². The minimum atomic E-state index is -4.53. The largest absolute Gasteiger partial charge is 0.451 e. The number of nitrogens with zero attached hydrogens (tertiary/aromatic N) is 2. The molecule has 1 fully saturated rings. The van der Waals surface area contributed by atoms with Crippen molar-refractivity contribution in [2.45, 2.75) is 25.4 Å². The van der Waals surface area contributed by atoms with Gasteiger partial charge in [0.15, 0.2) is 0 Å². The monoisotopic (exact) mass is 260 g/mol. The molecule has 1 saturated carbocycles. The third-order valence-electron chi connectivity index (χ3n) is 2.79. The molecule has 2 rings (SSSR count). The zero-order valence-electron chi connectivity index (χ0n) is 10.0. The van der Waals surface area contributed by atoms with Gasteiger partial charge < -0.3 is 10.6 Å². The molecule has 0 unspecified atom stereocenters. The van der Waals surface area contributed by atoms with Crippen LogP contribution in [0.3, 0.4) is 0 Å². The maximum absolute atomic E-state index is 12.6. The molecule has 2 N–H and O–H groups in total. The second-order valence-corrected chi connectivity index (χ2v) is 4.37. The van der Waals surface area contributed by atoms with E-state index in [0.717, 1.165) is 12.3 Å². The molecule has 1 aliphatic carbocycles. The third kappa shape index (κ3) is 3.48. The van der Waals surface area contributed by atoms with Crippen molar-refractivity contribution in [2.75, 3.05) is 24.2 Å². The van der Waals surface area contributed by atoms with Crippen LogP contribution in [0, 0.1) is 5.92 Å². The van der Waals surface area contributed by atoms with Crippen LogP contribution in [0.4, 0.5) is 24.8 Å². The van der Waals surface area contributed by atoms with E-state index in [1.165, 1.54) is 26.0 Å². The van der Waals surface area contributed by atoms with E-state index in [2.05, 4.69) is 20.6 Å². The van der Waals surface area contributed by atoms with Gasteiger partial charge in [0.1, 0.15) is 11.6 Å². The van der Waals surface area contributed by atoms with Crippen molar-refractivity contribution in [2.24, 2.45) is 5.92 Å². The zero-order chi connectivity index (χ0) is 13.2. The first-order valence-corrected chi connectivity index (χ1v) is 5.87. The van der Waals surface area contributed by atoms with Crippen LogP contribution in [0.5, 0.6) is 0 Å². The number of alkyl halides is 3. The number of anilines is 2. The van der Waals surface area contributed by atoms with E-state index in [1.807, 2.05) is 0 Å². The molecule has 0 aromatic carbocycles. The molecule has 4 nitrogen and oxygen atoms in total. The fraction of sp³-hybridized carbons (Fsp3) is 0.636. The molecule has 7 heteroatoms. The summed E-state index contributed by atoms with van der Waals surface area (Å²) in [5.74, 6) is -0.0259. The molecule has 0 bridgehead atoms. The van der Waals surface area contributed by atoms with Crippen LogP contribution in [-0.2, 0) is 6.18 Å². The standard InChI is InChI=1S/C11H15F3N4/c1-15-8-6-9(16-5-4-7-2-3-7)18-10(17-8)11(12,13)14/h6-7H,2-5H2,1H3,(H2,15,16,17,18). The van der Waals surface area contributed by atoms with E-state index in [0.29, 0.717) is 6.54 Å². The molecule has 1 aliphatic rings. The number of rotatable bonds is 5. The van der Waals surface area contributed by atoms with Gasteiger partial charge >= 0.3 is 6.18 Å². The van der Waals surface area contributed by atoms with Crippen molar-refractivity contribution in [1.82, 2.24) is 9.97 Å². The number of hydrogen-bond acceptors (Lipinski definition) is 4. The Morgan fingerprint density at radius 1 is 1.28 bits per heavy atom. The van der Waals surface area contributed by atoms with Crippen molar-refractivity contribution in [1.29, 1.82) is 0 Å². The molecule has 1 aromatic rings. The van der Waals surface area contributed by atoms with Crippen molar-refractivity contribution in [3.05, 3.63) is 11.9 Å². The average molecular weight is 260 g/mol. The van der Waals surface area contributed by atoms with Gasteiger partial charge in [-0.25, -0.2) is 9.97 Å². The first-order chi connectivity index (χ1) is 8.49. The van der Waals surface area contributed by atoms with E-state index in [-0.39, 0.29) is 11.6 Å². The summed E-state index contributed by atoms with van der Waals surface area (Å²) < 4.78 is 37.7. The highest BCUT2D eigenvalue weighted by atomic mass is 19.4. The lowest BCUT2D eigenvalue weighted by molar-refractivity contribution is -0.144. The summed E-state index contributed by atoms with van der Waals surface area (Å²) in [7, 11) is 1.52. The van der Waals surface area contributed by atoms with E-state index in [4.69, 9.17) is 0 Å². The molecule has 0 aliphatic heterocycles. The van der Waals surface area contributed by atoms with Gasteiger partial charge in [0.25, 0.3) is 0 Å². The highest BCUT2D eigenvalue weighted by Gasteiger charge is 2.35. The van der Waals surface area contributed by atoms with Gasteiger partial charge in [-0.3, -0.25) is 0 Å². The highest BCUT2D eigenvalue weighted by Crippen LogP contribution is 2.32. The number of aromatic nitrogens is 2. The minimum Gasteiger partial charge on any atom is -0.373 e. The van der Waals surface area contributed by atoms with E-state index in [9.17, 15) is 13.2 Å². The van der Waals surface area contributed by atoms with Crippen LogP contribution in [0.25, 0.3) is 0 Å². The first kappa shape index (κ1) is 12.9. The van der Waals surface area contributed by atoms with Crippen molar-refractivity contribution in [3.8, 4) is 0 Å². The van der Waals surface area contributed by atoms with E-state index >= 15 is 0 Å². The van der Waals surface area contributed by atoms with E-state index in [1.54, 1.807) is 0 Å². The summed E-state index contributed by atoms with van der Waals surface area (Å²) in [6.45, 7) is 0.641. The SMILES string of the molecule is CNc1cc(NCCC2CC2)nc(C(F)(F)F)n1. The molecule has 1 aromatic heterocycles. The highest BCUT2D eigenvalue weighted by molar-refractivity contribution is 5.47. The van der Waals surface area contributed by atoms with Gasteiger partial charge in [-0.2, -0.15) is 13.2 Å². The van der Waals surface area contributed by atoms with Crippen LogP contribution in [0.15, 0.2) is 6.07 Å². The Morgan fingerprint density at radius 3 is 2.50 bits per heavy atom. The lowest BCUT2D eigenvalue weighted by atomic mass is 10.3. The smallest absolute Gasteiger partial charge is 0.373 e. The molecule has 0 amide bonds. The Balaban J connectivity index is 2.07. The first-order valence-electron chi connectivity index (χ1n) is 5.87. The summed E-state index contributed by atoms with van der Waals surface area (Å²) in [5.41, 5.74) is 0. The average Bonchev–Trinajstić information content (AvgIpc) is 3.11. The van der Waals surface area contributed by atoms with Crippen LogP contribution < -0.4 is 10.6 Å². The third-order valence-corrected chi connectivity index (χ3v) is 2.79. The normalized spacial score (nSPS) is 15.6. The second kappa shape index (κ2) is 4.99. The predicted octanol–water partition coefficient (Wildman–Crippen LogP) is 2.75. The van der Waals surface area contributed by atoms with Gasteiger partial charge in [0, 0.05) is 19.7 Å². The summed E-state index contributed by atoms with van der Waals surface area (Å²) in [6.07, 6.45) is -1.11. The minimum absolute atomic E-state index is 0.159. The quantitative estimate of drug-likeness (QED) is 0.854. The molecule has 0 atom stereocenters. The van der Waals surface area contributed by atoms with Gasteiger partial charge in [0.2, 0.25) is 5.82 Å². The molecule has 100 valence electrons. The summed E-state index contributed by atoms with van der Waals surface area (Å²) in [6, 6.07) is 1.47. The zero-order valence-corrected chi connectivity index (χ0v) is 10.0. The molecular formula is C11H15F3N4. The Bertz CT molecular complexity index is 415. The summed E-state index contributed by atoms with van der Waals surface area (Å²) >= 11 is 0. The second-order valence-electron chi connectivity index (χ2n) is 4.37. The Labute approximate surface area is 103 Å². The Hall–Kier alpha value is -1.53. The van der Waals surface area contributed by atoms with Gasteiger partial charge in [-0.1, -0.05) is 12.8 Å². The maximum Gasteiger partial charge on any atom is 0.451 e.